The molecule has 0 bridgehead atoms. The topological polar surface area (TPSA) is 4.36 Å². The number of hydrogen-bond donors (Lipinski definition) is 0. The van der Waals surface area contributed by atoms with Crippen molar-refractivity contribution in [1.82, 2.24) is 0 Å². The van der Waals surface area contributed by atoms with Crippen LogP contribution in [0.15, 0.2) is 0 Å². The van der Waals surface area contributed by atoms with E-state index >= 15 is 0 Å². The van der Waals surface area contributed by atoms with E-state index in [-0.39, 0.29) is 5.54 Å². The molecule has 0 aromatic rings. The Morgan fingerprint density at radius 1 is 1.71 bits per heavy atom. The molecule has 38 valence electrons. The van der Waals surface area contributed by atoms with Crippen LogP contribution in [-0.2, 0) is 0 Å². The molecule has 0 N–H and O–H groups in total. The zero-order valence-corrected chi connectivity index (χ0v) is 6.10. The van der Waals surface area contributed by atoms with Crippen LogP contribution in [-0.4, -0.2) is 9.97 Å². The lowest BCUT2D eigenvalue weighted by molar-refractivity contribution is 0.938. The van der Waals surface area contributed by atoms with Crippen LogP contribution in [0.4, 0.5) is 0 Å². The van der Waals surface area contributed by atoms with Crippen LogP contribution in [0, 0.1) is 6.57 Å². The average molecular weight is 207 g/mol. The Morgan fingerprint density at radius 2 is 2.29 bits per heavy atom. The van der Waals surface area contributed by atoms with E-state index < -0.39 is 0 Å². The van der Waals surface area contributed by atoms with Gasteiger partial charge in [0.1, 0.15) is 0 Å². The molecule has 0 unspecified atom stereocenters. The van der Waals surface area contributed by atoms with Gasteiger partial charge in [0.2, 0.25) is 5.54 Å². The molecular weight excluding hydrogens is 201 g/mol. The summed E-state index contributed by atoms with van der Waals surface area (Å²) in [7, 11) is 0. The van der Waals surface area contributed by atoms with Crippen LogP contribution in [0.25, 0.3) is 4.85 Å². The van der Waals surface area contributed by atoms with E-state index in [0.717, 1.165) is 17.3 Å². The number of nitrogens with zero attached hydrogens (tertiary/aromatic N) is 1. The second-order valence-corrected chi connectivity index (χ2v) is 2.73. The summed E-state index contributed by atoms with van der Waals surface area (Å²) in [5, 5.41) is 0. The molecule has 0 saturated heterocycles. The molecule has 1 saturated carbocycles. The SMILES string of the molecule is [C-]#[N+]C1(CI)CC1. The maximum absolute atomic E-state index is 6.69. The molecule has 1 rings (SSSR count). The Morgan fingerprint density at radius 3 is 2.29 bits per heavy atom. The van der Waals surface area contributed by atoms with Crippen molar-refractivity contribution >= 4 is 22.6 Å². The predicted molar refractivity (Wildman–Crippen MR) is 37.5 cm³/mol. The van der Waals surface area contributed by atoms with Crippen molar-refractivity contribution in [3.8, 4) is 0 Å². The molecule has 0 radical (unpaired) electrons. The average Bonchev–Trinajstić information content (AvgIpc) is 2.46. The van der Waals surface area contributed by atoms with Gasteiger partial charge in [0.25, 0.3) is 0 Å². The van der Waals surface area contributed by atoms with E-state index in [1.807, 2.05) is 0 Å². The van der Waals surface area contributed by atoms with Crippen LogP contribution in [0.1, 0.15) is 12.8 Å². The first kappa shape index (κ1) is 5.36. The van der Waals surface area contributed by atoms with Gasteiger partial charge in [0.15, 0.2) is 0 Å². The highest BCUT2D eigenvalue weighted by molar-refractivity contribution is 14.1. The second kappa shape index (κ2) is 1.62. The van der Waals surface area contributed by atoms with E-state index in [0.29, 0.717) is 0 Å². The highest BCUT2D eigenvalue weighted by atomic mass is 127. The van der Waals surface area contributed by atoms with Crippen molar-refractivity contribution < 1.29 is 0 Å². The predicted octanol–water partition coefficient (Wildman–Crippen LogP) is 1.87. The summed E-state index contributed by atoms with van der Waals surface area (Å²) in [6, 6.07) is 0. The van der Waals surface area contributed by atoms with Crippen molar-refractivity contribution in [3.05, 3.63) is 11.4 Å². The molecule has 0 atom stereocenters. The van der Waals surface area contributed by atoms with Crippen molar-refractivity contribution in [2.24, 2.45) is 0 Å². The zero-order valence-electron chi connectivity index (χ0n) is 3.95. The molecule has 2 heteroatoms. The number of hydrogen-bond acceptors (Lipinski definition) is 0. The minimum atomic E-state index is 0.112. The monoisotopic (exact) mass is 207 g/mol. The Bertz CT molecular complexity index is 110. The first-order chi connectivity index (χ1) is 3.33. The van der Waals surface area contributed by atoms with Gasteiger partial charge in [-0.25, -0.2) is 6.57 Å². The molecule has 0 aliphatic heterocycles. The van der Waals surface area contributed by atoms with Gasteiger partial charge in [-0.15, -0.1) is 0 Å². The number of halogens is 1. The van der Waals surface area contributed by atoms with Crippen molar-refractivity contribution in [2.45, 2.75) is 18.4 Å². The van der Waals surface area contributed by atoms with E-state index in [4.69, 9.17) is 6.57 Å². The summed E-state index contributed by atoms with van der Waals surface area (Å²) < 4.78 is 1.02. The van der Waals surface area contributed by atoms with Gasteiger partial charge in [-0.05, 0) is 0 Å². The third-order valence-electron chi connectivity index (χ3n) is 1.31. The minimum absolute atomic E-state index is 0.112. The summed E-state index contributed by atoms with van der Waals surface area (Å²) >= 11 is 2.28. The van der Waals surface area contributed by atoms with Gasteiger partial charge >= 0.3 is 0 Å². The minimum Gasteiger partial charge on any atom is -0.310 e. The first-order valence-corrected chi connectivity index (χ1v) is 3.80. The third-order valence-corrected chi connectivity index (χ3v) is 2.73. The molecule has 1 aliphatic carbocycles. The van der Waals surface area contributed by atoms with Crippen molar-refractivity contribution in [1.29, 1.82) is 0 Å². The van der Waals surface area contributed by atoms with Crippen molar-refractivity contribution in [2.75, 3.05) is 4.43 Å². The number of rotatable bonds is 1. The molecule has 0 amide bonds. The van der Waals surface area contributed by atoms with Crippen LogP contribution in [0.3, 0.4) is 0 Å². The molecule has 0 aromatic heterocycles. The van der Waals surface area contributed by atoms with E-state index in [1.165, 1.54) is 0 Å². The fourth-order valence-electron chi connectivity index (χ4n) is 0.420. The summed E-state index contributed by atoms with van der Waals surface area (Å²) in [6.45, 7) is 6.69. The second-order valence-electron chi connectivity index (χ2n) is 1.97. The van der Waals surface area contributed by atoms with Gasteiger partial charge in [0.05, 0.1) is 4.43 Å². The lowest BCUT2D eigenvalue weighted by Crippen LogP contribution is -2.00. The van der Waals surface area contributed by atoms with Gasteiger partial charge < -0.3 is 4.85 Å². The van der Waals surface area contributed by atoms with Crippen LogP contribution in [0.5, 0.6) is 0 Å². The molecule has 7 heavy (non-hydrogen) atoms. The molecular formula is C5H6IN. The van der Waals surface area contributed by atoms with Crippen molar-refractivity contribution in [3.63, 3.8) is 0 Å². The summed E-state index contributed by atoms with van der Waals surface area (Å²) in [5.41, 5.74) is 0.112. The number of alkyl halides is 1. The largest absolute Gasteiger partial charge is 0.310 e. The Kier molecular flexibility index (Phi) is 1.24. The Labute approximate surface area is 57.1 Å². The van der Waals surface area contributed by atoms with Gasteiger partial charge in [-0.1, -0.05) is 22.6 Å². The van der Waals surface area contributed by atoms with Gasteiger partial charge in [-0.3, -0.25) is 0 Å². The zero-order chi connectivity index (χ0) is 5.33. The fraction of sp³-hybridized carbons (Fsp3) is 0.800. The molecule has 1 nitrogen and oxygen atoms in total. The highest BCUT2D eigenvalue weighted by Gasteiger charge is 2.49. The maximum atomic E-state index is 6.69. The Hall–Kier alpha value is 0.220. The van der Waals surface area contributed by atoms with Crippen LogP contribution >= 0.6 is 22.6 Å². The normalized spacial score (nSPS) is 23.4. The molecule has 0 heterocycles. The smallest absolute Gasteiger partial charge is 0.242 e. The van der Waals surface area contributed by atoms with Gasteiger partial charge in [-0.2, -0.15) is 0 Å². The van der Waals surface area contributed by atoms with Gasteiger partial charge in [0, 0.05) is 12.8 Å². The molecule has 0 spiro atoms. The third kappa shape index (κ3) is 0.880. The molecule has 1 fully saturated rings. The van der Waals surface area contributed by atoms with E-state index in [9.17, 15) is 0 Å². The summed E-state index contributed by atoms with van der Waals surface area (Å²) in [4.78, 5) is 3.49. The summed E-state index contributed by atoms with van der Waals surface area (Å²) in [5.74, 6) is 0. The van der Waals surface area contributed by atoms with E-state index in [1.54, 1.807) is 0 Å². The lowest BCUT2D eigenvalue weighted by atomic mass is 10.4. The molecule has 1 aliphatic rings. The standard InChI is InChI=1S/C5H6IN/c1-7-5(4-6)2-3-5/h2-4H2. The van der Waals surface area contributed by atoms with Crippen LogP contribution in [0.2, 0.25) is 0 Å². The Balaban J connectivity index is 2.47. The van der Waals surface area contributed by atoms with E-state index in [2.05, 4.69) is 27.4 Å². The highest BCUT2D eigenvalue weighted by Crippen LogP contribution is 2.41. The quantitative estimate of drug-likeness (QED) is 0.351. The van der Waals surface area contributed by atoms with Crippen LogP contribution < -0.4 is 0 Å². The summed E-state index contributed by atoms with van der Waals surface area (Å²) in [6.07, 6.45) is 2.28. The first-order valence-electron chi connectivity index (χ1n) is 2.28. The maximum Gasteiger partial charge on any atom is 0.242 e. The fourth-order valence-corrected chi connectivity index (χ4v) is 1.35. The molecule has 0 aromatic carbocycles. The lowest BCUT2D eigenvalue weighted by Gasteiger charge is -1.88.